The van der Waals surface area contributed by atoms with Crippen molar-refractivity contribution in [3.63, 3.8) is 0 Å². The normalized spacial score (nSPS) is 10.5. The van der Waals surface area contributed by atoms with Crippen LogP contribution >= 0.6 is 0 Å². The van der Waals surface area contributed by atoms with E-state index in [2.05, 4.69) is 17.2 Å². The molecule has 29 heavy (non-hydrogen) atoms. The van der Waals surface area contributed by atoms with Crippen LogP contribution in [0.1, 0.15) is 10.4 Å². The fourth-order valence-corrected chi connectivity index (χ4v) is 2.94. The van der Waals surface area contributed by atoms with Gasteiger partial charge in [0.05, 0.1) is 5.69 Å². The quantitative estimate of drug-likeness (QED) is 0.477. The van der Waals surface area contributed by atoms with E-state index in [1.807, 2.05) is 0 Å². The third kappa shape index (κ3) is 4.08. The highest BCUT2D eigenvalue weighted by Crippen LogP contribution is 2.33. The van der Waals surface area contributed by atoms with Crippen molar-refractivity contribution in [2.45, 2.75) is 0 Å². The number of aryl methyl sites for hydroxylation is 1. The maximum atomic E-state index is 14.1. The van der Waals surface area contributed by atoms with Crippen LogP contribution in [0.4, 0.5) is 25.8 Å². The van der Waals surface area contributed by atoms with Gasteiger partial charge < -0.3 is 15.2 Å². The minimum Gasteiger partial charge on any atom is -0.384 e. The lowest BCUT2D eigenvalue weighted by molar-refractivity contribution is 0.104. The average molecular weight is 395 g/mol. The molecule has 5 nitrogen and oxygen atoms in total. The van der Waals surface area contributed by atoms with E-state index in [-0.39, 0.29) is 17.0 Å². The molecule has 148 valence electrons. The lowest BCUT2D eigenvalue weighted by Crippen LogP contribution is -2.19. The van der Waals surface area contributed by atoms with E-state index in [1.165, 1.54) is 16.7 Å². The lowest BCUT2D eigenvalue weighted by atomic mass is 9.99. The van der Waals surface area contributed by atoms with Crippen LogP contribution in [0, 0.1) is 11.6 Å². The van der Waals surface area contributed by atoms with Gasteiger partial charge in [0.1, 0.15) is 17.3 Å². The van der Waals surface area contributed by atoms with Gasteiger partial charge in [-0.1, -0.05) is 6.58 Å². The summed E-state index contributed by atoms with van der Waals surface area (Å²) in [4.78, 5) is 24.3. The molecular formula is C22H19F2N3O2. The molecule has 7 heteroatoms. The summed E-state index contributed by atoms with van der Waals surface area (Å²) in [6, 6.07) is 9.70. The standard InChI is InChI=1S/C22H19F2N3O2/c1-4-21(28)13-5-7-18(26-19-8-6-15(23)11-17(19)24)16(9-13)14-10-20(25-2)22(29)27(3)12-14/h4-12,25-26H,1H2,2-3H3. The van der Waals surface area contributed by atoms with Gasteiger partial charge >= 0.3 is 0 Å². The number of nitrogens with one attached hydrogen (secondary N) is 2. The SMILES string of the molecule is C=CC(=O)c1ccc(Nc2ccc(F)cc2F)c(-c2cc(NC)c(=O)n(C)c2)c1. The Morgan fingerprint density at radius 2 is 1.79 bits per heavy atom. The van der Waals surface area contributed by atoms with E-state index < -0.39 is 11.6 Å². The number of halogens is 2. The van der Waals surface area contributed by atoms with Crippen LogP contribution in [0.3, 0.4) is 0 Å². The molecule has 1 heterocycles. The number of rotatable bonds is 6. The van der Waals surface area contributed by atoms with Gasteiger partial charge in [0.25, 0.3) is 5.56 Å². The zero-order valence-corrected chi connectivity index (χ0v) is 15.9. The van der Waals surface area contributed by atoms with Crippen molar-refractivity contribution < 1.29 is 13.6 Å². The van der Waals surface area contributed by atoms with Crippen molar-refractivity contribution in [1.82, 2.24) is 4.57 Å². The van der Waals surface area contributed by atoms with Gasteiger partial charge in [-0.15, -0.1) is 0 Å². The van der Waals surface area contributed by atoms with E-state index in [0.29, 0.717) is 28.1 Å². The molecule has 2 aromatic carbocycles. The van der Waals surface area contributed by atoms with Gasteiger partial charge in [-0.05, 0) is 42.5 Å². The van der Waals surface area contributed by atoms with Gasteiger partial charge in [0.15, 0.2) is 5.78 Å². The first-order valence-corrected chi connectivity index (χ1v) is 8.75. The smallest absolute Gasteiger partial charge is 0.273 e. The first kappa shape index (κ1) is 20.0. The topological polar surface area (TPSA) is 63.1 Å². The van der Waals surface area contributed by atoms with Crippen molar-refractivity contribution in [2.75, 3.05) is 17.7 Å². The summed E-state index contributed by atoms with van der Waals surface area (Å²) < 4.78 is 28.8. The van der Waals surface area contributed by atoms with Crippen molar-refractivity contribution in [2.24, 2.45) is 7.05 Å². The second-order valence-electron chi connectivity index (χ2n) is 6.39. The lowest BCUT2D eigenvalue weighted by Gasteiger charge is -2.16. The molecule has 1 aromatic heterocycles. The van der Waals surface area contributed by atoms with Crippen molar-refractivity contribution in [3.05, 3.63) is 88.9 Å². The van der Waals surface area contributed by atoms with Gasteiger partial charge in [0.2, 0.25) is 0 Å². The number of anilines is 3. The molecule has 2 N–H and O–H groups in total. The first-order chi connectivity index (χ1) is 13.8. The van der Waals surface area contributed by atoms with E-state index in [0.717, 1.165) is 12.1 Å². The number of hydrogen-bond acceptors (Lipinski definition) is 4. The maximum Gasteiger partial charge on any atom is 0.273 e. The van der Waals surface area contributed by atoms with Crippen LogP contribution in [-0.4, -0.2) is 17.4 Å². The summed E-state index contributed by atoms with van der Waals surface area (Å²) in [5.74, 6) is -1.71. The molecule has 0 atom stereocenters. The molecule has 0 aliphatic rings. The predicted molar refractivity (Wildman–Crippen MR) is 111 cm³/mol. The Labute approximate surface area is 166 Å². The summed E-state index contributed by atoms with van der Waals surface area (Å²) in [7, 11) is 3.24. The second kappa shape index (κ2) is 8.10. The highest BCUT2D eigenvalue weighted by Gasteiger charge is 2.14. The Balaban J connectivity index is 2.19. The number of aromatic nitrogens is 1. The number of ketones is 1. The molecule has 0 saturated carbocycles. The van der Waals surface area contributed by atoms with Crippen LogP contribution in [0.15, 0.2) is 66.1 Å². The number of hydrogen-bond donors (Lipinski definition) is 2. The summed E-state index contributed by atoms with van der Waals surface area (Å²) >= 11 is 0. The molecule has 0 spiro atoms. The fourth-order valence-electron chi connectivity index (χ4n) is 2.94. The number of carbonyl (C=O) groups excluding carboxylic acids is 1. The van der Waals surface area contributed by atoms with Crippen LogP contribution in [-0.2, 0) is 7.05 Å². The Morgan fingerprint density at radius 1 is 1.07 bits per heavy atom. The summed E-state index contributed by atoms with van der Waals surface area (Å²) in [5, 5.41) is 5.78. The van der Waals surface area contributed by atoms with Gasteiger partial charge in [-0.25, -0.2) is 8.78 Å². The van der Waals surface area contributed by atoms with Gasteiger partial charge in [0, 0.05) is 48.7 Å². The number of nitrogens with zero attached hydrogens (tertiary/aromatic N) is 1. The molecule has 0 radical (unpaired) electrons. The molecule has 0 fully saturated rings. The molecular weight excluding hydrogens is 376 g/mol. The molecule has 3 rings (SSSR count). The van der Waals surface area contributed by atoms with E-state index in [1.54, 1.807) is 44.6 Å². The minimum absolute atomic E-state index is 0.0779. The predicted octanol–water partition coefficient (Wildman–Crippen LogP) is 4.48. The average Bonchev–Trinajstić information content (AvgIpc) is 2.71. The first-order valence-electron chi connectivity index (χ1n) is 8.75. The Kier molecular flexibility index (Phi) is 5.59. The molecule has 0 bridgehead atoms. The number of allylic oxidation sites excluding steroid dienone is 1. The van der Waals surface area contributed by atoms with Crippen LogP contribution in [0.5, 0.6) is 0 Å². The van der Waals surface area contributed by atoms with Crippen LogP contribution in [0.25, 0.3) is 11.1 Å². The van der Waals surface area contributed by atoms with E-state index >= 15 is 0 Å². The monoisotopic (exact) mass is 395 g/mol. The van der Waals surface area contributed by atoms with Crippen molar-refractivity contribution in [1.29, 1.82) is 0 Å². The van der Waals surface area contributed by atoms with Crippen LogP contribution in [0.2, 0.25) is 0 Å². The summed E-state index contributed by atoms with van der Waals surface area (Å²) in [5.41, 5.74) is 2.29. The molecule has 0 amide bonds. The molecule has 0 aliphatic heterocycles. The molecule has 0 aliphatic carbocycles. The van der Waals surface area contributed by atoms with Crippen molar-refractivity contribution in [3.8, 4) is 11.1 Å². The Hall–Kier alpha value is -3.74. The maximum absolute atomic E-state index is 14.1. The van der Waals surface area contributed by atoms with E-state index in [9.17, 15) is 18.4 Å². The highest BCUT2D eigenvalue weighted by molar-refractivity contribution is 6.05. The number of benzene rings is 2. The molecule has 3 aromatic rings. The number of carbonyl (C=O) groups is 1. The second-order valence-corrected chi connectivity index (χ2v) is 6.39. The summed E-state index contributed by atoms with van der Waals surface area (Å²) in [6.07, 6.45) is 2.82. The number of pyridine rings is 1. The Bertz CT molecular complexity index is 1170. The molecule has 0 saturated heterocycles. The highest BCUT2D eigenvalue weighted by atomic mass is 19.1. The van der Waals surface area contributed by atoms with E-state index in [4.69, 9.17) is 0 Å². The largest absolute Gasteiger partial charge is 0.384 e. The zero-order chi connectivity index (χ0) is 21.1. The van der Waals surface area contributed by atoms with Crippen molar-refractivity contribution >= 4 is 22.8 Å². The van der Waals surface area contributed by atoms with Crippen LogP contribution < -0.4 is 16.2 Å². The fraction of sp³-hybridized carbons (Fsp3) is 0.0909. The zero-order valence-electron chi connectivity index (χ0n) is 15.9. The third-order valence-electron chi connectivity index (χ3n) is 4.45. The molecule has 0 unspecified atom stereocenters. The summed E-state index contributed by atoms with van der Waals surface area (Å²) in [6.45, 7) is 3.50. The Morgan fingerprint density at radius 3 is 2.45 bits per heavy atom. The third-order valence-corrected chi connectivity index (χ3v) is 4.45. The van der Waals surface area contributed by atoms with Gasteiger partial charge in [-0.3, -0.25) is 9.59 Å². The minimum atomic E-state index is -0.751. The van der Waals surface area contributed by atoms with Gasteiger partial charge in [-0.2, -0.15) is 0 Å².